The lowest BCUT2D eigenvalue weighted by Crippen LogP contribution is -2.40. The number of nitrogens with one attached hydrogen (secondary N) is 1. The smallest absolute Gasteiger partial charge is 0.274 e. The van der Waals surface area contributed by atoms with Gasteiger partial charge in [0.2, 0.25) is 0 Å². The Morgan fingerprint density at radius 3 is 2.60 bits per heavy atom. The van der Waals surface area contributed by atoms with Crippen LogP contribution in [0, 0.1) is 21.3 Å². The summed E-state index contributed by atoms with van der Waals surface area (Å²) in [6.07, 6.45) is 0.534. The van der Waals surface area contributed by atoms with E-state index in [1.54, 1.807) is 0 Å². The van der Waals surface area contributed by atoms with Crippen LogP contribution in [0.1, 0.15) is 32.8 Å². The molecule has 20 heavy (non-hydrogen) atoms. The van der Waals surface area contributed by atoms with Crippen molar-refractivity contribution in [3.05, 3.63) is 39.7 Å². The topological polar surface area (TPSA) is 75.4 Å². The molecule has 2 N–H and O–H groups in total. The molecule has 1 rings (SSSR count). The van der Waals surface area contributed by atoms with E-state index in [-0.39, 0.29) is 30.3 Å². The molecule has 0 radical (unpaired) electrons. The van der Waals surface area contributed by atoms with E-state index in [0.717, 1.165) is 6.07 Å². The predicted octanol–water partition coefficient (Wildman–Crippen LogP) is 2.62. The van der Waals surface area contributed by atoms with Crippen molar-refractivity contribution < 1.29 is 14.4 Å². The van der Waals surface area contributed by atoms with Gasteiger partial charge in [0, 0.05) is 30.8 Å². The molecule has 0 aliphatic carbocycles. The van der Waals surface area contributed by atoms with Crippen molar-refractivity contribution in [3.8, 4) is 0 Å². The van der Waals surface area contributed by atoms with Gasteiger partial charge >= 0.3 is 0 Å². The highest BCUT2D eigenvalue weighted by molar-refractivity contribution is 5.40. The van der Waals surface area contributed by atoms with Crippen molar-refractivity contribution in [2.75, 3.05) is 6.61 Å². The summed E-state index contributed by atoms with van der Waals surface area (Å²) in [5.41, 5.74) is 0.0999. The normalized spacial score (nSPS) is 13.2. The van der Waals surface area contributed by atoms with Gasteiger partial charge in [-0.05, 0) is 24.0 Å². The molecule has 0 fully saturated rings. The molecule has 0 heterocycles. The van der Waals surface area contributed by atoms with Crippen LogP contribution < -0.4 is 5.32 Å². The summed E-state index contributed by atoms with van der Waals surface area (Å²) in [5.74, 6) is -0.498. The second kappa shape index (κ2) is 6.76. The fraction of sp³-hybridized carbons (Fsp3) is 0.571. The molecular weight excluding hydrogens is 263 g/mol. The molecule has 1 atom stereocenters. The molecule has 6 heteroatoms. The molecule has 1 aromatic carbocycles. The molecule has 0 spiro atoms. The second-order valence-corrected chi connectivity index (χ2v) is 5.84. The van der Waals surface area contributed by atoms with Gasteiger partial charge in [0.25, 0.3) is 5.69 Å². The van der Waals surface area contributed by atoms with Crippen LogP contribution in [0.5, 0.6) is 0 Å². The number of benzene rings is 1. The van der Waals surface area contributed by atoms with E-state index >= 15 is 0 Å². The summed E-state index contributed by atoms with van der Waals surface area (Å²) in [5, 5.41) is 23.2. The van der Waals surface area contributed by atoms with Crippen molar-refractivity contribution in [2.24, 2.45) is 5.41 Å². The van der Waals surface area contributed by atoms with Crippen LogP contribution in [0.3, 0.4) is 0 Å². The van der Waals surface area contributed by atoms with E-state index in [1.165, 1.54) is 12.1 Å². The first-order valence-corrected chi connectivity index (χ1v) is 6.52. The summed E-state index contributed by atoms with van der Waals surface area (Å²) in [6, 6.07) is 3.40. The number of hydrogen-bond donors (Lipinski definition) is 2. The molecular formula is C14H21FN2O3. The third kappa shape index (κ3) is 4.54. The number of halogens is 1. The van der Waals surface area contributed by atoms with Crippen LogP contribution in [-0.2, 0) is 6.54 Å². The molecule has 0 aliphatic heterocycles. The van der Waals surface area contributed by atoms with Crippen molar-refractivity contribution in [3.63, 3.8) is 0 Å². The zero-order valence-corrected chi connectivity index (χ0v) is 12.0. The summed E-state index contributed by atoms with van der Waals surface area (Å²) < 4.78 is 13.2. The first-order chi connectivity index (χ1) is 9.25. The van der Waals surface area contributed by atoms with Crippen LogP contribution in [0.15, 0.2) is 18.2 Å². The van der Waals surface area contributed by atoms with Crippen LogP contribution in [-0.4, -0.2) is 22.7 Å². The maximum absolute atomic E-state index is 13.2. The monoisotopic (exact) mass is 284 g/mol. The van der Waals surface area contributed by atoms with Gasteiger partial charge in [-0.25, -0.2) is 4.39 Å². The summed E-state index contributed by atoms with van der Waals surface area (Å²) >= 11 is 0. The predicted molar refractivity (Wildman–Crippen MR) is 74.8 cm³/mol. The van der Waals surface area contributed by atoms with Crippen LogP contribution in [0.25, 0.3) is 0 Å². The Labute approximate surface area is 118 Å². The number of rotatable bonds is 6. The molecule has 0 bridgehead atoms. The SMILES string of the molecule is CC(C)(C)C(CCO)NCc1cc(F)ccc1[N+](=O)[O-]. The number of nitro groups is 1. The Balaban J connectivity index is 2.87. The maximum Gasteiger partial charge on any atom is 0.274 e. The third-order valence-electron chi connectivity index (χ3n) is 3.24. The van der Waals surface area contributed by atoms with Gasteiger partial charge in [-0.3, -0.25) is 10.1 Å². The molecule has 0 aromatic heterocycles. The molecule has 5 nitrogen and oxygen atoms in total. The Hall–Kier alpha value is -1.53. The molecule has 0 amide bonds. The highest BCUT2D eigenvalue weighted by Crippen LogP contribution is 2.24. The van der Waals surface area contributed by atoms with Gasteiger partial charge < -0.3 is 10.4 Å². The maximum atomic E-state index is 13.2. The third-order valence-corrected chi connectivity index (χ3v) is 3.24. The Bertz CT molecular complexity index is 472. The molecule has 0 saturated heterocycles. The minimum atomic E-state index is -0.519. The van der Waals surface area contributed by atoms with Gasteiger partial charge in [0.15, 0.2) is 0 Å². The number of aliphatic hydroxyl groups excluding tert-OH is 1. The average molecular weight is 284 g/mol. The second-order valence-electron chi connectivity index (χ2n) is 5.84. The summed E-state index contributed by atoms with van der Waals surface area (Å²) in [7, 11) is 0. The fourth-order valence-corrected chi connectivity index (χ4v) is 2.08. The molecule has 0 aliphatic rings. The number of nitro benzene ring substituents is 1. The van der Waals surface area contributed by atoms with Gasteiger partial charge in [0.1, 0.15) is 5.82 Å². The molecule has 112 valence electrons. The van der Waals surface area contributed by atoms with Crippen molar-refractivity contribution in [1.82, 2.24) is 5.32 Å². The quantitative estimate of drug-likeness (QED) is 0.622. The Kier molecular flexibility index (Phi) is 5.59. The molecule has 0 saturated carbocycles. The minimum absolute atomic E-state index is 0.0182. The van der Waals surface area contributed by atoms with E-state index < -0.39 is 10.7 Å². The van der Waals surface area contributed by atoms with Crippen molar-refractivity contribution in [1.29, 1.82) is 0 Å². The van der Waals surface area contributed by atoms with Gasteiger partial charge in [0.05, 0.1) is 4.92 Å². The van der Waals surface area contributed by atoms with Gasteiger partial charge in [-0.15, -0.1) is 0 Å². The summed E-state index contributed by atoms with van der Waals surface area (Å²) in [6.45, 7) is 6.26. The average Bonchev–Trinajstić information content (AvgIpc) is 2.32. The van der Waals surface area contributed by atoms with E-state index in [1.807, 2.05) is 20.8 Å². The zero-order valence-electron chi connectivity index (χ0n) is 12.0. The zero-order chi connectivity index (χ0) is 15.3. The van der Waals surface area contributed by atoms with Crippen molar-refractivity contribution in [2.45, 2.75) is 39.8 Å². The fourth-order valence-electron chi connectivity index (χ4n) is 2.08. The van der Waals surface area contributed by atoms with E-state index in [0.29, 0.717) is 12.0 Å². The van der Waals surface area contributed by atoms with E-state index in [2.05, 4.69) is 5.32 Å². The highest BCUT2D eigenvalue weighted by atomic mass is 19.1. The number of hydrogen-bond acceptors (Lipinski definition) is 4. The van der Waals surface area contributed by atoms with Crippen molar-refractivity contribution >= 4 is 5.69 Å². The Morgan fingerprint density at radius 1 is 1.45 bits per heavy atom. The lowest BCUT2D eigenvalue weighted by atomic mass is 9.85. The van der Waals surface area contributed by atoms with Crippen LogP contribution >= 0.6 is 0 Å². The van der Waals surface area contributed by atoms with Crippen LogP contribution in [0.4, 0.5) is 10.1 Å². The standard InChI is InChI=1S/C14H21FN2O3/c1-14(2,3)13(6-7-18)16-9-10-8-11(15)4-5-12(10)17(19)20/h4-5,8,13,16,18H,6-7,9H2,1-3H3. The first-order valence-electron chi connectivity index (χ1n) is 6.52. The molecule has 1 unspecified atom stereocenters. The highest BCUT2D eigenvalue weighted by Gasteiger charge is 2.24. The first kappa shape index (κ1) is 16.5. The number of aliphatic hydroxyl groups is 1. The lowest BCUT2D eigenvalue weighted by Gasteiger charge is -2.31. The van der Waals surface area contributed by atoms with E-state index in [9.17, 15) is 14.5 Å². The van der Waals surface area contributed by atoms with Gasteiger partial charge in [-0.1, -0.05) is 20.8 Å². The van der Waals surface area contributed by atoms with Crippen LogP contribution in [0.2, 0.25) is 0 Å². The van der Waals surface area contributed by atoms with E-state index in [4.69, 9.17) is 5.11 Å². The minimum Gasteiger partial charge on any atom is -0.396 e. The number of nitrogens with zero attached hydrogens (tertiary/aromatic N) is 1. The summed E-state index contributed by atoms with van der Waals surface area (Å²) in [4.78, 5) is 10.4. The largest absolute Gasteiger partial charge is 0.396 e. The molecule has 1 aromatic rings. The Morgan fingerprint density at radius 2 is 2.10 bits per heavy atom. The lowest BCUT2D eigenvalue weighted by molar-refractivity contribution is -0.385. The van der Waals surface area contributed by atoms with Gasteiger partial charge in [-0.2, -0.15) is 0 Å².